The summed E-state index contributed by atoms with van der Waals surface area (Å²) >= 11 is 0. The normalized spacial score (nSPS) is 13.1. The van der Waals surface area contributed by atoms with E-state index in [9.17, 15) is 13.2 Å². The van der Waals surface area contributed by atoms with Gasteiger partial charge in [0.2, 0.25) is 10.0 Å². The van der Waals surface area contributed by atoms with E-state index in [0.29, 0.717) is 40.0 Å². The molecule has 0 saturated carbocycles. The maximum Gasteiger partial charge on any atom is 0.258 e. The lowest BCUT2D eigenvalue weighted by Crippen LogP contribution is -2.26. The Bertz CT molecular complexity index is 1570. The fourth-order valence-electron chi connectivity index (χ4n) is 4.49. The molecule has 0 radical (unpaired) electrons. The van der Waals surface area contributed by atoms with Gasteiger partial charge in [0, 0.05) is 49.7 Å². The molecule has 4 aromatic rings. The molecule has 3 heterocycles. The molecule has 0 N–H and O–H groups in total. The molecule has 1 aliphatic rings. The number of hydrogen-bond donors (Lipinski definition) is 0. The molecular weight excluding hydrogens is 492 g/mol. The summed E-state index contributed by atoms with van der Waals surface area (Å²) in [6, 6.07) is 14.7. The van der Waals surface area contributed by atoms with Gasteiger partial charge in [0.15, 0.2) is 5.75 Å². The van der Waals surface area contributed by atoms with Crippen LogP contribution in [0.4, 0.5) is 5.69 Å². The third kappa shape index (κ3) is 4.67. The number of benzene rings is 2. The van der Waals surface area contributed by atoms with Gasteiger partial charge >= 0.3 is 0 Å². The minimum Gasteiger partial charge on any atom is -0.497 e. The summed E-state index contributed by atoms with van der Waals surface area (Å²) in [5.74, 6) is 0.827. The number of pyridine rings is 2. The summed E-state index contributed by atoms with van der Waals surface area (Å²) < 4.78 is 38.0. The molecule has 2 aromatic heterocycles. The SMILES string of the molecule is COc1ccc(COc2c3c(c(N(C)S(C)(=O)=O)c4cccnc24)CN(Cc2ccncc2)C3=O)cc1. The summed E-state index contributed by atoms with van der Waals surface area (Å²) in [5.41, 5.74) is 3.59. The Morgan fingerprint density at radius 1 is 1.03 bits per heavy atom. The number of fused-ring (bicyclic) bond motifs is 2. The monoisotopic (exact) mass is 518 g/mol. The van der Waals surface area contributed by atoms with Gasteiger partial charge in [0.05, 0.1) is 24.6 Å². The number of anilines is 1. The van der Waals surface area contributed by atoms with Crippen molar-refractivity contribution in [1.82, 2.24) is 14.9 Å². The van der Waals surface area contributed by atoms with E-state index in [0.717, 1.165) is 23.1 Å². The topological polar surface area (TPSA) is 102 Å². The Morgan fingerprint density at radius 3 is 2.43 bits per heavy atom. The molecule has 10 heteroatoms. The molecule has 0 unspecified atom stereocenters. The van der Waals surface area contributed by atoms with Crippen LogP contribution in [0.15, 0.2) is 67.1 Å². The Labute approximate surface area is 215 Å². The number of hydrogen-bond acceptors (Lipinski definition) is 7. The van der Waals surface area contributed by atoms with Crippen molar-refractivity contribution in [3.8, 4) is 11.5 Å². The third-order valence-corrected chi connectivity index (χ3v) is 7.60. The highest BCUT2D eigenvalue weighted by atomic mass is 32.2. The molecule has 190 valence electrons. The average molecular weight is 519 g/mol. The lowest BCUT2D eigenvalue weighted by atomic mass is 10.0. The molecule has 0 atom stereocenters. The molecule has 0 aliphatic carbocycles. The zero-order chi connectivity index (χ0) is 26.2. The fourth-order valence-corrected chi connectivity index (χ4v) is 5.03. The predicted molar refractivity (Wildman–Crippen MR) is 140 cm³/mol. The third-order valence-electron chi connectivity index (χ3n) is 6.42. The number of rotatable bonds is 8. The van der Waals surface area contributed by atoms with E-state index in [2.05, 4.69) is 9.97 Å². The summed E-state index contributed by atoms with van der Waals surface area (Å²) in [4.78, 5) is 24.0. The molecule has 2 aromatic carbocycles. The molecule has 0 fully saturated rings. The highest BCUT2D eigenvalue weighted by molar-refractivity contribution is 7.92. The van der Waals surface area contributed by atoms with Crippen molar-refractivity contribution in [3.05, 3.63) is 89.4 Å². The van der Waals surface area contributed by atoms with Crippen LogP contribution in [0, 0.1) is 0 Å². The number of carbonyl (C=O) groups excluding carboxylic acids is 1. The molecular formula is C27H26N4O5S. The van der Waals surface area contributed by atoms with Gasteiger partial charge < -0.3 is 14.4 Å². The predicted octanol–water partition coefficient (Wildman–Crippen LogP) is 3.77. The van der Waals surface area contributed by atoms with Crippen molar-refractivity contribution < 1.29 is 22.7 Å². The smallest absolute Gasteiger partial charge is 0.258 e. The van der Waals surface area contributed by atoms with Crippen LogP contribution in [-0.2, 0) is 29.7 Å². The van der Waals surface area contributed by atoms with E-state index in [1.807, 2.05) is 36.4 Å². The number of nitrogens with zero attached hydrogens (tertiary/aromatic N) is 4. The average Bonchev–Trinajstić information content (AvgIpc) is 3.21. The van der Waals surface area contributed by atoms with Crippen LogP contribution in [-0.4, -0.2) is 49.6 Å². The maximum absolute atomic E-state index is 13.8. The van der Waals surface area contributed by atoms with Crippen LogP contribution in [0.5, 0.6) is 11.5 Å². The second-order valence-electron chi connectivity index (χ2n) is 8.81. The van der Waals surface area contributed by atoms with Crippen molar-refractivity contribution in [3.63, 3.8) is 0 Å². The summed E-state index contributed by atoms with van der Waals surface area (Å²) in [6.45, 7) is 0.774. The Hall–Kier alpha value is -4.18. The molecule has 5 rings (SSSR count). The Morgan fingerprint density at radius 2 is 1.76 bits per heavy atom. The van der Waals surface area contributed by atoms with Crippen molar-refractivity contribution in [2.24, 2.45) is 0 Å². The first-order valence-corrected chi connectivity index (χ1v) is 13.4. The quantitative estimate of drug-likeness (QED) is 0.350. The fraction of sp³-hybridized carbons (Fsp3) is 0.222. The van der Waals surface area contributed by atoms with E-state index < -0.39 is 10.0 Å². The number of ether oxygens (including phenoxy) is 2. The van der Waals surface area contributed by atoms with Gasteiger partial charge in [-0.3, -0.25) is 19.1 Å². The second kappa shape index (κ2) is 9.70. The van der Waals surface area contributed by atoms with Crippen molar-refractivity contribution in [2.75, 3.05) is 24.7 Å². The van der Waals surface area contributed by atoms with E-state index in [4.69, 9.17) is 9.47 Å². The number of carbonyl (C=O) groups is 1. The van der Waals surface area contributed by atoms with Gasteiger partial charge in [0.25, 0.3) is 5.91 Å². The van der Waals surface area contributed by atoms with E-state index in [-0.39, 0.29) is 19.1 Å². The first kappa shape index (κ1) is 24.5. The number of sulfonamides is 1. The molecule has 1 aliphatic heterocycles. The van der Waals surface area contributed by atoms with E-state index in [1.54, 1.807) is 42.7 Å². The Kier molecular flexibility index (Phi) is 6.43. The minimum absolute atomic E-state index is 0.195. The Balaban J connectivity index is 1.64. The first-order chi connectivity index (χ1) is 17.8. The van der Waals surface area contributed by atoms with Gasteiger partial charge in [-0.15, -0.1) is 0 Å². The molecule has 9 nitrogen and oxygen atoms in total. The zero-order valence-electron chi connectivity index (χ0n) is 20.7. The van der Waals surface area contributed by atoms with E-state index in [1.165, 1.54) is 11.4 Å². The second-order valence-corrected chi connectivity index (χ2v) is 10.8. The molecule has 0 spiro atoms. The van der Waals surface area contributed by atoms with Gasteiger partial charge in [-0.25, -0.2) is 8.42 Å². The number of aromatic nitrogens is 2. The van der Waals surface area contributed by atoms with Crippen LogP contribution in [0.1, 0.15) is 27.0 Å². The number of amides is 1. The summed E-state index contributed by atoms with van der Waals surface area (Å²) in [5, 5.41) is 0.595. The minimum atomic E-state index is -3.62. The maximum atomic E-state index is 13.8. The van der Waals surface area contributed by atoms with Crippen molar-refractivity contribution in [2.45, 2.75) is 19.7 Å². The van der Waals surface area contributed by atoms with Gasteiger partial charge in [-0.1, -0.05) is 12.1 Å². The lowest BCUT2D eigenvalue weighted by molar-refractivity contribution is 0.0763. The molecule has 0 saturated heterocycles. The van der Waals surface area contributed by atoms with E-state index >= 15 is 0 Å². The van der Waals surface area contributed by atoms with Crippen LogP contribution in [0.3, 0.4) is 0 Å². The van der Waals surface area contributed by atoms with Gasteiger partial charge in [-0.05, 0) is 47.5 Å². The highest BCUT2D eigenvalue weighted by Gasteiger charge is 2.37. The van der Waals surface area contributed by atoms with Crippen LogP contribution >= 0.6 is 0 Å². The first-order valence-electron chi connectivity index (χ1n) is 11.6. The molecule has 0 bridgehead atoms. The largest absolute Gasteiger partial charge is 0.497 e. The van der Waals surface area contributed by atoms with Crippen molar-refractivity contribution in [1.29, 1.82) is 0 Å². The number of methoxy groups -OCH3 is 1. The summed E-state index contributed by atoms with van der Waals surface area (Å²) in [7, 11) is -0.529. The van der Waals surface area contributed by atoms with Crippen LogP contribution in [0.2, 0.25) is 0 Å². The van der Waals surface area contributed by atoms with Crippen LogP contribution in [0.25, 0.3) is 10.9 Å². The zero-order valence-corrected chi connectivity index (χ0v) is 21.5. The lowest BCUT2D eigenvalue weighted by Gasteiger charge is -2.23. The van der Waals surface area contributed by atoms with Gasteiger partial charge in [-0.2, -0.15) is 0 Å². The molecule has 37 heavy (non-hydrogen) atoms. The standard InChI is InChI=1S/C27H26N4O5S/c1-30(37(3,33)34)25-21-5-4-12-29-24(21)26(36-17-19-6-8-20(35-2)9-7-19)23-22(25)16-31(27(23)32)15-18-10-13-28-14-11-18/h4-14H,15-17H2,1-3H3. The summed E-state index contributed by atoms with van der Waals surface area (Å²) in [6.07, 6.45) is 6.09. The molecule has 1 amide bonds. The van der Waals surface area contributed by atoms with Crippen LogP contribution < -0.4 is 13.8 Å². The van der Waals surface area contributed by atoms with Gasteiger partial charge in [0.1, 0.15) is 17.9 Å². The highest BCUT2D eigenvalue weighted by Crippen LogP contribution is 2.45. The van der Waals surface area contributed by atoms with Crippen molar-refractivity contribution >= 4 is 32.5 Å².